The van der Waals surface area contributed by atoms with Gasteiger partial charge in [-0.15, -0.1) is 0 Å². The van der Waals surface area contributed by atoms with Crippen LogP contribution in [0.1, 0.15) is 18.1 Å². The van der Waals surface area contributed by atoms with Gasteiger partial charge in [0.1, 0.15) is 5.75 Å². The van der Waals surface area contributed by atoms with Gasteiger partial charge < -0.3 is 10.2 Å². The highest BCUT2D eigenvalue weighted by Gasteiger charge is 2.04. The van der Waals surface area contributed by atoms with Gasteiger partial charge in [-0.3, -0.25) is 0 Å². The zero-order chi connectivity index (χ0) is 10.7. The molecule has 1 aromatic rings. The van der Waals surface area contributed by atoms with E-state index >= 15 is 0 Å². The average molecular weight is 192 g/mol. The number of aromatic hydroxyl groups is 1. The lowest BCUT2D eigenvalue weighted by molar-refractivity contribution is -0.131. The molecule has 0 spiro atoms. The van der Waals surface area contributed by atoms with E-state index in [-0.39, 0.29) is 5.75 Å². The van der Waals surface area contributed by atoms with Gasteiger partial charge in [0.15, 0.2) is 0 Å². The van der Waals surface area contributed by atoms with Crippen LogP contribution in [0.4, 0.5) is 0 Å². The van der Waals surface area contributed by atoms with Crippen LogP contribution >= 0.6 is 0 Å². The number of carboxylic acids is 1. The van der Waals surface area contributed by atoms with Gasteiger partial charge in [-0.05, 0) is 31.1 Å². The fourth-order valence-electron chi connectivity index (χ4n) is 1.24. The number of phenols is 1. The molecule has 0 aliphatic carbocycles. The summed E-state index contributed by atoms with van der Waals surface area (Å²) >= 11 is 0. The van der Waals surface area contributed by atoms with Gasteiger partial charge in [-0.1, -0.05) is 12.1 Å². The molecule has 0 unspecified atom stereocenters. The summed E-state index contributed by atoms with van der Waals surface area (Å²) in [6, 6.07) is 5.14. The van der Waals surface area contributed by atoms with Crippen LogP contribution in [0, 0.1) is 6.92 Å². The van der Waals surface area contributed by atoms with Crippen LogP contribution < -0.4 is 0 Å². The van der Waals surface area contributed by atoms with Gasteiger partial charge in [-0.2, -0.15) is 0 Å². The number of allylic oxidation sites excluding steroid dienone is 1. The second-order valence-corrected chi connectivity index (χ2v) is 3.19. The number of phenolic OH excluding ortho intramolecular Hbond substituents is 1. The molecule has 0 atom stereocenters. The lowest BCUT2D eigenvalue weighted by Crippen LogP contribution is -1.90. The molecule has 74 valence electrons. The van der Waals surface area contributed by atoms with Gasteiger partial charge in [0.05, 0.1) is 0 Å². The molecule has 3 nitrogen and oxygen atoms in total. The molecular weight excluding hydrogens is 180 g/mol. The highest BCUT2D eigenvalue weighted by Crippen LogP contribution is 2.25. The molecule has 0 bridgehead atoms. The van der Waals surface area contributed by atoms with Crippen molar-refractivity contribution in [2.24, 2.45) is 0 Å². The van der Waals surface area contributed by atoms with E-state index in [1.165, 1.54) is 0 Å². The van der Waals surface area contributed by atoms with Crippen LogP contribution in [0.15, 0.2) is 24.3 Å². The fourth-order valence-corrected chi connectivity index (χ4v) is 1.24. The van der Waals surface area contributed by atoms with E-state index in [0.29, 0.717) is 11.1 Å². The minimum Gasteiger partial charge on any atom is -0.507 e. The molecule has 0 heterocycles. The van der Waals surface area contributed by atoms with Crippen LogP contribution in [-0.2, 0) is 4.79 Å². The van der Waals surface area contributed by atoms with E-state index < -0.39 is 5.97 Å². The third-order valence-electron chi connectivity index (χ3n) is 1.92. The summed E-state index contributed by atoms with van der Waals surface area (Å²) in [5.74, 6) is -0.900. The molecule has 0 radical (unpaired) electrons. The quantitative estimate of drug-likeness (QED) is 0.706. The van der Waals surface area contributed by atoms with Crippen molar-refractivity contribution in [1.29, 1.82) is 0 Å². The Balaban J connectivity index is 3.14. The second kappa shape index (κ2) is 3.96. The first-order valence-electron chi connectivity index (χ1n) is 4.22. The number of aliphatic carboxylic acids is 1. The Labute approximate surface area is 82.3 Å². The monoisotopic (exact) mass is 192 g/mol. The van der Waals surface area contributed by atoms with Crippen LogP contribution in [0.2, 0.25) is 0 Å². The molecule has 3 heteroatoms. The van der Waals surface area contributed by atoms with Gasteiger partial charge in [0.2, 0.25) is 0 Å². The Morgan fingerprint density at radius 3 is 2.57 bits per heavy atom. The SMILES string of the molecule is CC(=CC(=O)O)c1ccc(C)cc1O. The summed E-state index contributed by atoms with van der Waals surface area (Å²) < 4.78 is 0. The number of hydrogen-bond acceptors (Lipinski definition) is 2. The van der Waals surface area contributed by atoms with Crippen molar-refractivity contribution in [3.8, 4) is 5.75 Å². The van der Waals surface area contributed by atoms with Crippen molar-refractivity contribution in [2.75, 3.05) is 0 Å². The van der Waals surface area contributed by atoms with Gasteiger partial charge >= 0.3 is 5.97 Å². The smallest absolute Gasteiger partial charge is 0.328 e. The standard InChI is InChI=1S/C11H12O3/c1-7-3-4-9(10(12)5-7)8(2)6-11(13)14/h3-6,12H,1-2H3,(H,13,14). The van der Waals surface area contributed by atoms with Crippen molar-refractivity contribution < 1.29 is 15.0 Å². The molecule has 0 aliphatic rings. The Morgan fingerprint density at radius 1 is 1.43 bits per heavy atom. The maximum absolute atomic E-state index is 10.4. The predicted molar refractivity (Wildman–Crippen MR) is 54.1 cm³/mol. The summed E-state index contributed by atoms with van der Waals surface area (Å²) in [4.78, 5) is 10.4. The Bertz CT molecular complexity index is 392. The topological polar surface area (TPSA) is 57.5 Å². The highest BCUT2D eigenvalue weighted by molar-refractivity contribution is 5.90. The van der Waals surface area contributed by atoms with Crippen molar-refractivity contribution in [2.45, 2.75) is 13.8 Å². The molecule has 2 N–H and O–H groups in total. The minimum atomic E-state index is -1.01. The van der Waals surface area contributed by atoms with E-state index in [9.17, 15) is 9.90 Å². The van der Waals surface area contributed by atoms with Crippen molar-refractivity contribution >= 4 is 11.5 Å². The first kappa shape index (κ1) is 10.3. The molecular formula is C11H12O3. The van der Waals surface area contributed by atoms with E-state index in [0.717, 1.165) is 11.6 Å². The third kappa shape index (κ3) is 2.36. The fraction of sp³-hybridized carbons (Fsp3) is 0.182. The third-order valence-corrected chi connectivity index (χ3v) is 1.92. The maximum Gasteiger partial charge on any atom is 0.328 e. The Hall–Kier alpha value is -1.77. The summed E-state index contributed by atoms with van der Waals surface area (Å²) in [5.41, 5.74) is 2.03. The zero-order valence-corrected chi connectivity index (χ0v) is 8.11. The molecule has 0 aromatic heterocycles. The maximum atomic E-state index is 10.4. The zero-order valence-electron chi connectivity index (χ0n) is 8.11. The number of aryl methyl sites for hydroxylation is 1. The largest absolute Gasteiger partial charge is 0.507 e. The lowest BCUT2D eigenvalue weighted by Gasteiger charge is -2.04. The van der Waals surface area contributed by atoms with Gasteiger partial charge in [-0.25, -0.2) is 4.79 Å². The molecule has 1 aromatic carbocycles. The van der Waals surface area contributed by atoms with Crippen LogP contribution in [0.3, 0.4) is 0 Å². The molecule has 0 saturated carbocycles. The summed E-state index contributed by atoms with van der Waals surface area (Å²) in [6.07, 6.45) is 1.07. The van der Waals surface area contributed by atoms with E-state index in [1.807, 2.05) is 13.0 Å². The van der Waals surface area contributed by atoms with Crippen LogP contribution in [0.5, 0.6) is 5.75 Å². The summed E-state index contributed by atoms with van der Waals surface area (Å²) in [6.45, 7) is 3.51. The number of carbonyl (C=O) groups is 1. The van der Waals surface area contributed by atoms with Gasteiger partial charge in [0, 0.05) is 11.6 Å². The van der Waals surface area contributed by atoms with Crippen molar-refractivity contribution in [3.63, 3.8) is 0 Å². The molecule has 1 rings (SSSR count). The normalized spacial score (nSPS) is 11.4. The van der Waals surface area contributed by atoms with Crippen molar-refractivity contribution in [1.82, 2.24) is 0 Å². The first-order chi connectivity index (χ1) is 6.50. The highest BCUT2D eigenvalue weighted by atomic mass is 16.4. The first-order valence-corrected chi connectivity index (χ1v) is 4.22. The van der Waals surface area contributed by atoms with Crippen LogP contribution in [0.25, 0.3) is 5.57 Å². The Morgan fingerprint density at radius 2 is 2.07 bits per heavy atom. The van der Waals surface area contributed by atoms with Gasteiger partial charge in [0.25, 0.3) is 0 Å². The van der Waals surface area contributed by atoms with E-state index in [4.69, 9.17) is 5.11 Å². The number of rotatable bonds is 2. The number of hydrogen-bond donors (Lipinski definition) is 2. The van der Waals surface area contributed by atoms with E-state index in [1.54, 1.807) is 19.1 Å². The minimum absolute atomic E-state index is 0.111. The van der Waals surface area contributed by atoms with E-state index in [2.05, 4.69) is 0 Å². The van der Waals surface area contributed by atoms with Crippen molar-refractivity contribution in [3.05, 3.63) is 35.4 Å². The molecule has 0 saturated heterocycles. The predicted octanol–water partition coefficient (Wildman–Crippen LogP) is 2.19. The molecule has 14 heavy (non-hydrogen) atoms. The number of benzene rings is 1. The molecule has 0 fully saturated rings. The summed E-state index contributed by atoms with van der Waals surface area (Å²) in [5, 5.41) is 18.1. The second-order valence-electron chi connectivity index (χ2n) is 3.19. The average Bonchev–Trinajstić information content (AvgIpc) is 2.01. The summed E-state index contributed by atoms with van der Waals surface area (Å²) in [7, 11) is 0. The lowest BCUT2D eigenvalue weighted by atomic mass is 10.0. The Kier molecular flexibility index (Phi) is 2.92. The molecule has 0 amide bonds. The van der Waals surface area contributed by atoms with Crippen LogP contribution in [-0.4, -0.2) is 16.2 Å². The molecule has 0 aliphatic heterocycles. The number of carboxylic acid groups (broad SMARTS) is 1.